The van der Waals surface area contributed by atoms with Gasteiger partial charge in [0.1, 0.15) is 0 Å². The SMILES string of the molecule is CCC(C)OC(=O)C(CCc1ccccc1)N=O. The molecule has 0 N–H and O–H groups in total. The Hall–Kier alpha value is -1.71. The van der Waals surface area contributed by atoms with E-state index in [1.807, 2.05) is 37.3 Å². The van der Waals surface area contributed by atoms with Crippen molar-refractivity contribution in [3.63, 3.8) is 0 Å². The van der Waals surface area contributed by atoms with Crippen molar-refractivity contribution in [3.8, 4) is 0 Å². The number of nitrogens with zero attached hydrogens (tertiary/aromatic N) is 1. The summed E-state index contributed by atoms with van der Waals surface area (Å²) in [5.41, 5.74) is 1.09. The summed E-state index contributed by atoms with van der Waals surface area (Å²) in [5, 5.41) is 2.87. The summed E-state index contributed by atoms with van der Waals surface area (Å²) in [4.78, 5) is 22.3. The van der Waals surface area contributed by atoms with Crippen molar-refractivity contribution in [1.82, 2.24) is 0 Å². The summed E-state index contributed by atoms with van der Waals surface area (Å²) in [6.45, 7) is 3.72. The minimum absolute atomic E-state index is 0.168. The van der Waals surface area contributed by atoms with Crippen LogP contribution in [0.25, 0.3) is 0 Å². The molecule has 0 aliphatic carbocycles. The van der Waals surface area contributed by atoms with Crippen LogP contribution in [0.2, 0.25) is 0 Å². The highest BCUT2D eigenvalue weighted by atomic mass is 16.5. The van der Waals surface area contributed by atoms with Crippen LogP contribution in [0.4, 0.5) is 0 Å². The predicted octanol–water partition coefficient (Wildman–Crippen LogP) is 3.10. The monoisotopic (exact) mass is 249 g/mol. The average molecular weight is 249 g/mol. The van der Waals surface area contributed by atoms with Crippen LogP contribution in [-0.4, -0.2) is 18.1 Å². The molecule has 0 saturated carbocycles. The Morgan fingerprint density at radius 1 is 1.33 bits per heavy atom. The maximum Gasteiger partial charge on any atom is 0.334 e. The molecule has 98 valence electrons. The molecule has 0 fully saturated rings. The summed E-state index contributed by atoms with van der Waals surface area (Å²) in [7, 11) is 0. The second-order valence-corrected chi connectivity index (χ2v) is 4.30. The number of carbonyl (C=O) groups excluding carboxylic acids is 1. The molecule has 4 heteroatoms. The molecule has 0 aliphatic rings. The van der Waals surface area contributed by atoms with E-state index < -0.39 is 12.0 Å². The zero-order valence-electron chi connectivity index (χ0n) is 10.8. The standard InChI is InChI=1S/C14H19NO3/c1-3-11(2)18-14(16)13(15-17)10-9-12-7-5-4-6-8-12/h4-8,11,13H,3,9-10H2,1-2H3. The Kier molecular flexibility index (Phi) is 6.05. The van der Waals surface area contributed by atoms with E-state index in [1.165, 1.54) is 0 Å². The van der Waals surface area contributed by atoms with Crippen molar-refractivity contribution in [2.45, 2.75) is 45.3 Å². The number of hydrogen-bond donors (Lipinski definition) is 0. The lowest BCUT2D eigenvalue weighted by Crippen LogP contribution is -2.25. The number of hydrogen-bond acceptors (Lipinski definition) is 4. The minimum Gasteiger partial charge on any atom is -0.461 e. The molecule has 2 unspecified atom stereocenters. The van der Waals surface area contributed by atoms with E-state index in [1.54, 1.807) is 6.92 Å². The van der Waals surface area contributed by atoms with E-state index in [2.05, 4.69) is 5.18 Å². The average Bonchev–Trinajstić information content (AvgIpc) is 2.40. The molecular formula is C14H19NO3. The number of aryl methyl sites for hydroxylation is 1. The molecule has 1 aromatic rings. The van der Waals surface area contributed by atoms with Crippen LogP contribution >= 0.6 is 0 Å². The van der Waals surface area contributed by atoms with Crippen LogP contribution in [0.1, 0.15) is 32.3 Å². The maximum atomic E-state index is 11.6. The van der Waals surface area contributed by atoms with Gasteiger partial charge in [0.05, 0.1) is 6.10 Å². The largest absolute Gasteiger partial charge is 0.461 e. The highest BCUT2D eigenvalue weighted by Crippen LogP contribution is 2.10. The summed E-state index contributed by atoms with van der Waals surface area (Å²) < 4.78 is 5.11. The van der Waals surface area contributed by atoms with E-state index in [-0.39, 0.29) is 6.10 Å². The third kappa shape index (κ3) is 4.65. The van der Waals surface area contributed by atoms with Crippen molar-refractivity contribution in [2.75, 3.05) is 0 Å². The fraction of sp³-hybridized carbons (Fsp3) is 0.500. The zero-order valence-corrected chi connectivity index (χ0v) is 10.8. The van der Waals surface area contributed by atoms with Crippen molar-refractivity contribution < 1.29 is 9.53 Å². The Morgan fingerprint density at radius 3 is 2.56 bits per heavy atom. The van der Waals surface area contributed by atoms with Gasteiger partial charge in [-0.3, -0.25) is 0 Å². The number of rotatable bonds is 7. The Bertz CT molecular complexity index is 378. The summed E-state index contributed by atoms with van der Waals surface area (Å²) >= 11 is 0. The highest BCUT2D eigenvalue weighted by Gasteiger charge is 2.22. The number of carbonyl (C=O) groups is 1. The van der Waals surface area contributed by atoms with Crippen molar-refractivity contribution >= 4 is 5.97 Å². The fourth-order valence-corrected chi connectivity index (χ4v) is 1.52. The van der Waals surface area contributed by atoms with Gasteiger partial charge in [-0.25, -0.2) is 4.79 Å². The molecule has 0 radical (unpaired) electrons. The van der Waals surface area contributed by atoms with E-state index in [0.717, 1.165) is 12.0 Å². The molecule has 1 rings (SSSR count). The maximum absolute atomic E-state index is 11.6. The van der Waals surface area contributed by atoms with Gasteiger partial charge in [0.2, 0.25) is 0 Å². The molecule has 18 heavy (non-hydrogen) atoms. The van der Waals surface area contributed by atoms with Gasteiger partial charge in [0.25, 0.3) is 0 Å². The van der Waals surface area contributed by atoms with Gasteiger partial charge in [0.15, 0.2) is 6.04 Å². The van der Waals surface area contributed by atoms with Gasteiger partial charge >= 0.3 is 5.97 Å². The Morgan fingerprint density at radius 2 is 2.00 bits per heavy atom. The number of nitroso groups, excluding NO2 is 1. The summed E-state index contributed by atoms with van der Waals surface area (Å²) in [6, 6.07) is 8.80. The quantitative estimate of drug-likeness (QED) is 0.551. The molecule has 0 heterocycles. The van der Waals surface area contributed by atoms with Crippen LogP contribution in [-0.2, 0) is 16.0 Å². The first-order chi connectivity index (χ1) is 8.67. The normalized spacial score (nSPS) is 13.7. The van der Waals surface area contributed by atoms with Gasteiger partial charge in [-0.1, -0.05) is 42.4 Å². The topological polar surface area (TPSA) is 55.7 Å². The van der Waals surface area contributed by atoms with E-state index >= 15 is 0 Å². The molecular weight excluding hydrogens is 230 g/mol. The van der Waals surface area contributed by atoms with Gasteiger partial charge in [-0.05, 0) is 31.7 Å². The number of benzene rings is 1. The first-order valence-electron chi connectivity index (χ1n) is 6.24. The van der Waals surface area contributed by atoms with Crippen molar-refractivity contribution in [1.29, 1.82) is 0 Å². The molecule has 0 spiro atoms. The van der Waals surface area contributed by atoms with Gasteiger partial charge in [-0.15, -0.1) is 4.91 Å². The third-order valence-corrected chi connectivity index (χ3v) is 2.84. The second-order valence-electron chi connectivity index (χ2n) is 4.30. The minimum atomic E-state index is -0.904. The van der Waals surface area contributed by atoms with Crippen LogP contribution in [0.15, 0.2) is 35.5 Å². The van der Waals surface area contributed by atoms with Crippen LogP contribution in [0.3, 0.4) is 0 Å². The van der Waals surface area contributed by atoms with Crippen LogP contribution < -0.4 is 0 Å². The lowest BCUT2D eigenvalue weighted by Gasteiger charge is -2.13. The Balaban J connectivity index is 2.47. The van der Waals surface area contributed by atoms with Gasteiger partial charge in [0, 0.05) is 0 Å². The van der Waals surface area contributed by atoms with Crippen LogP contribution in [0.5, 0.6) is 0 Å². The van der Waals surface area contributed by atoms with Gasteiger partial charge < -0.3 is 4.74 Å². The molecule has 0 amide bonds. The zero-order chi connectivity index (χ0) is 13.4. The number of ether oxygens (including phenoxy) is 1. The molecule has 4 nitrogen and oxygen atoms in total. The van der Waals surface area contributed by atoms with E-state index in [4.69, 9.17) is 4.74 Å². The molecule has 2 atom stereocenters. The van der Waals surface area contributed by atoms with Crippen LogP contribution in [0, 0.1) is 4.91 Å². The lowest BCUT2D eigenvalue weighted by molar-refractivity contribution is -0.150. The third-order valence-electron chi connectivity index (χ3n) is 2.84. The Labute approximate surface area is 107 Å². The smallest absolute Gasteiger partial charge is 0.334 e. The molecule has 1 aromatic carbocycles. The molecule has 0 aliphatic heterocycles. The van der Waals surface area contributed by atoms with Crippen molar-refractivity contribution in [2.24, 2.45) is 5.18 Å². The van der Waals surface area contributed by atoms with Gasteiger partial charge in [-0.2, -0.15) is 0 Å². The first-order valence-corrected chi connectivity index (χ1v) is 6.24. The first kappa shape index (κ1) is 14.4. The number of esters is 1. The van der Waals surface area contributed by atoms with E-state index in [0.29, 0.717) is 12.8 Å². The lowest BCUT2D eigenvalue weighted by atomic mass is 10.1. The second kappa shape index (κ2) is 7.58. The highest BCUT2D eigenvalue weighted by molar-refractivity contribution is 5.76. The van der Waals surface area contributed by atoms with Crippen molar-refractivity contribution in [3.05, 3.63) is 40.8 Å². The molecule has 0 aromatic heterocycles. The molecule has 0 bridgehead atoms. The molecule has 0 saturated heterocycles. The van der Waals surface area contributed by atoms with E-state index in [9.17, 15) is 9.70 Å². The summed E-state index contributed by atoms with van der Waals surface area (Å²) in [5.74, 6) is -0.518. The summed E-state index contributed by atoms with van der Waals surface area (Å²) in [6.07, 6.45) is 1.60. The fourth-order valence-electron chi connectivity index (χ4n) is 1.52. The predicted molar refractivity (Wildman–Crippen MR) is 70.2 cm³/mol.